The van der Waals surface area contributed by atoms with Crippen molar-refractivity contribution in [2.45, 2.75) is 26.3 Å². The second kappa shape index (κ2) is 5.29. The van der Waals surface area contributed by atoms with Gasteiger partial charge in [-0.15, -0.1) is 0 Å². The number of amides is 1. The van der Waals surface area contributed by atoms with Crippen molar-refractivity contribution in [2.24, 2.45) is 0 Å². The first-order chi connectivity index (χ1) is 5.02. The van der Waals surface area contributed by atoms with E-state index in [4.69, 9.17) is 0 Å². The monoisotopic (exact) mass is 177 g/mol. The van der Waals surface area contributed by atoms with E-state index in [-0.39, 0.29) is 11.9 Å². The minimum atomic E-state index is -0.752. The fourth-order valence-electron chi connectivity index (χ4n) is 0.762. The van der Waals surface area contributed by atoms with Crippen molar-refractivity contribution in [3.63, 3.8) is 0 Å². The molecule has 2 atom stereocenters. The van der Waals surface area contributed by atoms with Gasteiger partial charge in [-0.25, -0.2) is 0 Å². The van der Waals surface area contributed by atoms with E-state index in [2.05, 4.69) is 5.32 Å². The minimum absolute atomic E-state index is 0.0283. The molecule has 0 heterocycles. The van der Waals surface area contributed by atoms with E-state index in [1.54, 1.807) is 6.26 Å². The summed E-state index contributed by atoms with van der Waals surface area (Å²) >= 11 is 0. The van der Waals surface area contributed by atoms with Gasteiger partial charge in [-0.2, -0.15) is 0 Å². The predicted octanol–water partition coefficient (Wildman–Crippen LogP) is 0.280. The van der Waals surface area contributed by atoms with Crippen LogP contribution in [0.1, 0.15) is 20.3 Å². The highest BCUT2D eigenvalue weighted by atomic mass is 32.2. The first kappa shape index (κ1) is 10.6. The molecule has 0 spiro atoms. The van der Waals surface area contributed by atoms with Crippen LogP contribution in [0, 0.1) is 0 Å². The fourth-order valence-corrected chi connectivity index (χ4v) is 1.45. The van der Waals surface area contributed by atoms with Crippen molar-refractivity contribution >= 4 is 16.7 Å². The van der Waals surface area contributed by atoms with Crippen LogP contribution >= 0.6 is 0 Å². The molecule has 0 bridgehead atoms. The average molecular weight is 177 g/mol. The molecule has 0 aliphatic carbocycles. The van der Waals surface area contributed by atoms with Gasteiger partial charge in [0, 0.05) is 35.8 Å². The number of hydrogen-bond acceptors (Lipinski definition) is 2. The van der Waals surface area contributed by atoms with Crippen LogP contribution in [0.25, 0.3) is 0 Å². The summed E-state index contributed by atoms with van der Waals surface area (Å²) in [5.41, 5.74) is 0. The van der Waals surface area contributed by atoms with Crippen LogP contribution in [0.15, 0.2) is 0 Å². The van der Waals surface area contributed by atoms with Crippen LogP contribution in [0.5, 0.6) is 0 Å². The van der Waals surface area contributed by atoms with Crippen LogP contribution in [-0.2, 0) is 15.6 Å². The zero-order valence-corrected chi connectivity index (χ0v) is 8.03. The van der Waals surface area contributed by atoms with Gasteiger partial charge in [0.15, 0.2) is 0 Å². The Kier molecular flexibility index (Phi) is 5.11. The third-order valence-electron chi connectivity index (χ3n) is 1.29. The lowest BCUT2D eigenvalue weighted by Gasteiger charge is -2.10. The molecule has 0 aromatic rings. The summed E-state index contributed by atoms with van der Waals surface area (Å²) in [7, 11) is -0.752. The predicted molar refractivity (Wildman–Crippen MR) is 46.8 cm³/mol. The number of carbonyl (C=O) groups excluding carboxylic acids is 1. The second-order valence-corrected chi connectivity index (χ2v) is 4.22. The highest BCUT2D eigenvalue weighted by Crippen LogP contribution is 1.91. The molecular formula is C7H15NO2S. The first-order valence-electron chi connectivity index (χ1n) is 3.59. The minimum Gasteiger partial charge on any atom is -0.354 e. The Morgan fingerprint density at radius 2 is 2.18 bits per heavy atom. The normalized spacial score (nSPS) is 15.5. The maximum atomic E-state index is 10.6. The molecule has 0 saturated carbocycles. The van der Waals surface area contributed by atoms with Gasteiger partial charge in [0.25, 0.3) is 0 Å². The van der Waals surface area contributed by atoms with Crippen molar-refractivity contribution in [3.05, 3.63) is 0 Å². The third kappa shape index (κ3) is 7.52. The van der Waals surface area contributed by atoms with E-state index in [1.165, 1.54) is 6.92 Å². The molecule has 0 aromatic carbocycles. The molecule has 0 aliphatic rings. The Morgan fingerprint density at radius 1 is 1.64 bits per heavy atom. The van der Waals surface area contributed by atoms with Crippen molar-refractivity contribution in [1.29, 1.82) is 0 Å². The molecule has 0 fully saturated rings. The molecule has 0 radical (unpaired) electrons. The number of rotatable bonds is 4. The average Bonchev–Trinajstić information content (AvgIpc) is 1.82. The van der Waals surface area contributed by atoms with Gasteiger partial charge in [-0.1, -0.05) is 0 Å². The number of nitrogens with one attached hydrogen (secondary N) is 1. The van der Waals surface area contributed by atoms with Crippen LogP contribution < -0.4 is 5.32 Å². The third-order valence-corrected chi connectivity index (χ3v) is 2.10. The topological polar surface area (TPSA) is 46.2 Å². The maximum absolute atomic E-state index is 10.6. The van der Waals surface area contributed by atoms with E-state index < -0.39 is 10.8 Å². The van der Waals surface area contributed by atoms with Crippen LogP contribution in [0.3, 0.4) is 0 Å². The molecule has 0 aromatic heterocycles. The van der Waals surface area contributed by atoms with Crippen molar-refractivity contribution in [3.8, 4) is 0 Å². The molecule has 11 heavy (non-hydrogen) atoms. The van der Waals surface area contributed by atoms with Gasteiger partial charge in [-0.05, 0) is 13.3 Å². The Labute approximate surface area is 70.0 Å². The highest BCUT2D eigenvalue weighted by Gasteiger charge is 2.03. The van der Waals surface area contributed by atoms with Gasteiger partial charge >= 0.3 is 0 Å². The summed E-state index contributed by atoms with van der Waals surface area (Å²) in [6, 6.07) is 0.136. The van der Waals surface area contributed by atoms with Crippen molar-refractivity contribution in [1.82, 2.24) is 5.32 Å². The Morgan fingerprint density at radius 3 is 2.55 bits per heavy atom. The zero-order valence-electron chi connectivity index (χ0n) is 7.22. The van der Waals surface area contributed by atoms with E-state index in [9.17, 15) is 9.00 Å². The second-order valence-electron chi connectivity index (χ2n) is 2.67. The maximum Gasteiger partial charge on any atom is 0.217 e. The van der Waals surface area contributed by atoms with Gasteiger partial charge < -0.3 is 5.32 Å². The van der Waals surface area contributed by atoms with Gasteiger partial charge in [0.1, 0.15) is 0 Å². The van der Waals surface area contributed by atoms with Gasteiger partial charge in [-0.3, -0.25) is 9.00 Å². The summed E-state index contributed by atoms with van der Waals surface area (Å²) in [6.45, 7) is 3.40. The van der Waals surface area contributed by atoms with Crippen LogP contribution in [0.2, 0.25) is 0 Å². The Bertz CT molecular complexity index is 159. The molecule has 1 unspecified atom stereocenters. The van der Waals surface area contributed by atoms with E-state index in [1.807, 2.05) is 6.92 Å². The van der Waals surface area contributed by atoms with Crippen LogP contribution in [0.4, 0.5) is 0 Å². The molecule has 1 amide bonds. The first-order valence-corrected chi connectivity index (χ1v) is 5.32. The SMILES string of the molecule is CC(=O)N[C@H](C)CCS(C)=O. The molecule has 1 N–H and O–H groups in total. The van der Waals surface area contributed by atoms with Gasteiger partial charge in [0.05, 0.1) is 0 Å². The molecule has 66 valence electrons. The molecule has 4 heteroatoms. The molecule has 0 rings (SSSR count). The van der Waals surface area contributed by atoms with Crippen LogP contribution in [-0.4, -0.2) is 28.2 Å². The molecule has 0 aliphatic heterocycles. The van der Waals surface area contributed by atoms with E-state index in [0.717, 1.165) is 6.42 Å². The van der Waals surface area contributed by atoms with Crippen molar-refractivity contribution in [2.75, 3.05) is 12.0 Å². The summed E-state index contributed by atoms with van der Waals surface area (Å²) in [5.74, 6) is 0.626. The molecule has 3 nitrogen and oxygen atoms in total. The van der Waals surface area contributed by atoms with E-state index >= 15 is 0 Å². The number of carbonyl (C=O) groups is 1. The quantitative estimate of drug-likeness (QED) is 0.670. The van der Waals surface area contributed by atoms with Crippen molar-refractivity contribution < 1.29 is 9.00 Å². The summed E-state index contributed by atoms with van der Waals surface area (Å²) in [5, 5.41) is 2.72. The van der Waals surface area contributed by atoms with E-state index in [0.29, 0.717) is 5.75 Å². The lowest BCUT2D eigenvalue weighted by molar-refractivity contribution is -0.119. The highest BCUT2D eigenvalue weighted by molar-refractivity contribution is 7.84. The van der Waals surface area contributed by atoms with Gasteiger partial charge in [0.2, 0.25) is 5.91 Å². The Balaban J connectivity index is 3.44. The Hall–Kier alpha value is -0.380. The lowest BCUT2D eigenvalue weighted by atomic mass is 10.2. The summed E-state index contributed by atoms with van der Waals surface area (Å²) < 4.78 is 10.6. The lowest BCUT2D eigenvalue weighted by Crippen LogP contribution is -2.31. The smallest absolute Gasteiger partial charge is 0.217 e. The standard InChI is InChI=1S/C7H15NO2S/c1-6(8-7(2)9)4-5-11(3)10/h6H,4-5H2,1-3H3,(H,8,9)/t6-,11?/m1/s1. The fraction of sp³-hybridized carbons (Fsp3) is 0.857. The summed E-state index contributed by atoms with van der Waals surface area (Å²) in [4.78, 5) is 10.5. The number of hydrogen-bond donors (Lipinski definition) is 1. The summed E-state index contributed by atoms with van der Waals surface area (Å²) in [6.07, 6.45) is 2.45. The molecule has 0 saturated heterocycles. The zero-order chi connectivity index (χ0) is 8.85. The molecular weight excluding hydrogens is 162 g/mol. The largest absolute Gasteiger partial charge is 0.354 e.